The van der Waals surface area contributed by atoms with Gasteiger partial charge in [0.05, 0.1) is 17.2 Å². The topological polar surface area (TPSA) is 86.7 Å². The number of carbonyl (C=O) groups is 1. The van der Waals surface area contributed by atoms with Crippen molar-refractivity contribution in [1.29, 1.82) is 0 Å². The summed E-state index contributed by atoms with van der Waals surface area (Å²) in [5, 5.41) is 13.3. The first-order valence-corrected chi connectivity index (χ1v) is 9.49. The van der Waals surface area contributed by atoms with Crippen LogP contribution in [0.25, 0.3) is 10.8 Å². The first kappa shape index (κ1) is 16.6. The lowest BCUT2D eigenvalue weighted by molar-refractivity contribution is -0.114. The van der Waals surface area contributed by atoms with Crippen LogP contribution < -0.4 is 9.62 Å². The van der Waals surface area contributed by atoms with Crippen molar-refractivity contribution in [3.8, 4) is 0 Å². The molecule has 1 aliphatic heterocycles. The van der Waals surface area contributed by atoms with Gasteiger partial charge in [0, 0.05) is 11.1 Å². The Bertz CT molecular complexity index is 1120. The Kier molecular flexibility index (Phi) is 3.90. The number of amides is 1. The Hall–Kier alpha value is -2.90. The maximum absolute atomic E-state index is 12.9. The monoisotopic (exact) mass is 368 g/mol. The fourth-order valence-corrected chi connectivity index (χ4v) is 4.87. The molecule has 4 rings (SSSR count). The van der Waals surface area contributed by atoms with Gasteiger partial charge < -0.3 is 10.4 Å². The summed E-state index contributed by atoms with van der Waals surface area (Å²) in [5.41, 5.74) is 1.68. The Balaban J connectivity index is 1.65. The van der Waals surface area contributed by atoms with Crippen molar-refractivity contribution in [2.75, 3.05) is 16.2 Å². The molecule has 0 saturated heterocycles. The highest BCUT2D eigenvalue weighted by atomic mass is 32.2. The smallest absolute Gasteiger partial charge is 0.265 e. The fourth-order valence-electron chi connectivity index (χ4n) is 3.21. The van der Waals surface area contributed by atoms with Crippen molar-refractivity contribution in [2.24, 2.45) is 0 Å². The van der Waals surface area contributed by atoms with Gasteiger partial charge in [-0.2, -0.15) is 0 Å². The molecule has 0 bridgehead atoms. The lowest BCUT2D eigenvalue weighted by atomic mass is 10.1. The molecule has 1 amide bonds. The van der Waals surface area contributed by atoms with Crippen LogP contribution in [0.15, 0.2) is 65.6 Å². The number of anilines is 2. The molecule has 132 valence electrons. The molecule has 1 aliphatic rings. The van der Waals surface area contributed by atoms with Gasteiger partial charge in [0.25, 0.3) is 10.0 Å². The predicted molar refractivity (Wildman–Crippen MR) is 99.5 cm³/mol. The third-order valence-corrected chi connectivity index (χ3v) is 6.16. The number of sulfonamides is 1. The van der Waals surface area contributed by atoms with Gasteiger partial charge in [-0.25, -0.2) is 8.42 Å². The van der Waals surface area contributed by atoms with Crippen LogP contribution in [0, 0.1) is 0 Å². The number of nitrogens with zero attached hydrogens (tertiary/aromatic N) is 1. The first-order valence-electron chi connectivity index (χ1n) is 8.05. The summed E-state index contributed by atoms with van der Waals surface area (Å²) in [7, 11) is -3.77. The zero-order valence-electron chi connectivity index (χ0n) is 13.7. The minimum absolute atomic E-state index is 0.137. The highest BCUT2D eigenvalue weighted by Gasteiger charge is 2.36. The van der Waals surface area contributed by atoms with Crippen molar-refractivity contribution in [3.05, 3.63) is 66.2 Å². The van der Waals surface area contributed by atoms with E-state index in [4.69, 9.17) is 0 Å². The molecule has 0 radical (unpaired) electrons. The normalized spacial score (nSPS) is 14.6. The van der Waals surface area contributed by atoms with Gasteiger partial charge in [0.15, 0.2) is 0 Å². The quantitative estimate of drug-likeness (QED) is 0.741. The fraction of sp³-hybridized carbons (Fsp3) is 0.105. The second kappa shape index (κ2) is 6.12. The lowest BCUT2D eigenvalue weighted by Crippen LogP contribution is -2.35. The van der Waals surface area contributed by atoms with Crippen LogP contribution in [0.1, 0.15) is 5.56 Å². The van der Waals surface area contributed by atoms with Crippen LogP contribution in [0.3, 0.4) is 0 Å². The molecular formula is C19H16N2O4S. The Labute approximate surface area is 150 Å². The van der Waals surface area contributed by atoms with E-state index in [1.165, 1.54) is 0 Å². The maximum Gasteiger partial charge on any atom is 0.265 e. The highest BCUT2D eigenvalue weighted by Crippen LogP contribution is 2.41. The van der Waals surface area contributed by atoms with Gasteiger partial charge in [0.2, 0.25) is 5.91 Å². The van der Waals surface area contributed by atoms with Crippen LogP contribution in [0.5, 0.6) is 0 Å². The SMILES string of the molecule is O=C(CN1c2cccc3cccc(c23)S1(=O)=O)Nc1cccc(CO)c1. The average Bonchev–Trinajstić information content (AvgIpc) is 2.85. The summed E-state index contributed by atoms with van der Waals surface area (Å²) in [6.07, 6.45) is 0. The van der Waals surface area contributed by atoms with E-state index in [9.17, 15) is 18.3 Å². The van der Waals surface area contributed by atoms with E-state index in [0.29, 0.717) is 22.3 Å². The zero-order valence-corrected chi connectivity index (χ0v) is 14.5. The third kappa shape index (κ3) is 2.61. The van der Waals surface area contributed by atoms with Crippen LogP contribution in [-0.2, 0) is 21.4 Å². The van der Waals surface area contributed by atoms with E-state index in [-0.39, 0.29) is 18.0 Å². The number of carbonyl (C=O) groups excluding carboxylic acids is 1. The van der Waals surface area contributed by atoms with Crippen molar-refractivity contribution in [3.63, 3.8) is 0 Å². The van der Waals surface area contributed by atoms with E-state index in [1.54, 1.807) is 48.5 Å². The molecule has 26 heavy (non-hydrogen) atoms. The lowest BCUT2D eigenvalue weighted by Gasteiger charge is -2.18. The standard InChI is InChI=1S/C19H16N2O4S/c22-12-13-4-1-7-15(10-13)20-18(23)11-21-16-8-2-5-14-6-3-9-17(19(14)16)26(21,24)25/h1-10,22H,11-12H2,(H,20,23). The number of aliphatic hydroxyl groups excluding tert-OH is 1. The number of aliphatic hydroxyl groups is 1. The van der Waals surface area contributed by atoms with Crippen LogP contribution in [0.2, 0.25) is 0 Å². The van der Waals surface area contributed by atoms with Crippen molar-refractivity contribution in [2.45, 2.75) is 11.5 Å². The average molecular weight is 368 g/mol. The van der Waals surface area contributed by atoms with Gasteiger partial charge >= 0.3 is 0 Å². The summed E-state index contributed by atoms with van der Waals surface area (Å²) in [5.74, 6) is -0.450. The largest absolute Gasteiger partial charge is 0.392 e. The zero-order chi connectivity index (χ0) is 18.3. The molecule has 0 fully saturated rings. The van der Waals surface area contributed by atoms with E-state index in [2.05, 4.69) is 5.32 Å². The predicted octanol–water partition coefficient (Wildman–Crippen LogP) is 2.48. The minimum Gasteiger partial charge on any atom is -0.392 e. The molecule has 1 heterocycles. The summed E-state index contributed by atoms with van der Waals surface area (Å²) in [4.78, 5) is 12.7. The second-order valence-electron chi connectivity index (χ2n) is 6.05. The summed E-state index contributed by atoms with van der Waals surface area (Å²) < 4.78 is 26.9. The Morgan fingerprint density at radius 3 is 2.54 bits per heavy atom. The highest BCUT2D eigenvalue weighted by molar-refractivity contribution is 7.93. The number of hydrogen-bond acceptors (Lipinski definition) is 4. The molecular weight excluding hydrogens is 352 g/mol. The Morgan fingerprint density at radius 2 is 1.77 bits per heavy atom. The summed E-state index contributed by atoms with van der Waals surface area (Å²) >= 11 is 0. The van der Waals surface area contributed by atoms with Crippen molar-refractivity contribution >= 4 is 38.1 Å². The van der Waals surface area contributed by atoms with Gasteiger partial charge in [-0.15, -0.1) is 0 Å². The minimum atomic E-state index is -3.77. The molecule has 3 aromatic rings. The van der Waals surface area contributed by atoms with E-state index in [1.807, 2.05) is 12.1 Å². The van der Waals surface area contributed by atoms with Gasteiger partial charge in [-0.05, 0) is 35.2 Å². The number of hydrogen-bond donors (Lipinski definition) is 2. The molecule has 0 atom stereocenters. The van der Waals surface area contributed by atoms with Crippen molar-refractivity contribution < 1.29 is 18.3 Å². The van der Waals surface area contributed by atoms with Crippen LogP contribution in [-0.4, -0.2) is 26.0 Å². The number of benzene rings is 3. The van der Waals surface area contributed by atoms with Gasteiger partial charge in [-0.1, -0.05) is 36.4 Å². The number of nitrogens with one attached hydrogen (secondary N) is 1. The molecule has 6 nitrogen and oxygen atoms in total. The molecule has 0 unspecified atom stereocenters. The maximum atomic E-state index is 12.9. The van der Waals surface area contributed by atoms with Crippen LogP contribution >= 0.6 is 0 Å². The summed E-state index contributed by atoms with van der Waals surface area (Å²) in [6.45, 7) is -0.457. The molecule has 0 aliphatic carbocycles. The van der Waals surface area contributed by atoms with E-state index >= 15 is 0 Å². The van der Waals surface area contributed by atoms with Gasteiger partial charge in [0.1, 0.15) is 6.54 Å². The Morgan fingerprint density at radius 1 is 1.04 bits per heavy atom. The molecule has 7 heteroatoms. The molecule has 2 N–H and O–H groups in total. The number of rotatable bonds is 4. The first-order chi connectivity index (χ1) is 12.5. The van der Waals surface area contributed by atoms with E-state index < -0.39 is 15.9 Å². The second-order valence-corrected chi connectivity index (χ2v) is 7.88. The van der Waals surface area contributed by atoms with Gasteiger partial charge in [-0.3, -0.25) is 9.10 Å². The molecule has 0 aromatic heterocycles. The van der Waals surface area contributed by atoms with Crippen molar-refractivity contribution in [1.82, 2.24) is 0 Å². The van der Waals surface area contributed by atoms with Crippen LogP contribution in [0.4, 0.5) is 11.4 Å². The third-order valence-electron chi connectivity index (χ3n) is 4.36. The molecule has 0 saturated carbocycles. The molecule has 3 aromatic carbocycles. The molecule has 0 spiro atoms. The summed E-state index contributed by atoms with van der Waals surface area (Å²) in [6, 6.07) is 17.2. The van der Waals surface area contributed by atoms with E-state index in [0.717, 1.165) is 9.69 Å².